The summed E-state index contributed by atoms with van der Waals surface area (Å²) in [5.41, 5.74) is 0.371. The largest absolute Gasteiger partial charge is 0.486 e. The van der Waals surface area contributed by atoms with Crippen molar-refractivity contribution in [2.24, 2.45) is 0 Å². The summed E-state index contributed by atoms with van der Waals surface area (Å²) in [6, 6.07) is 9.34. The van der Waals surface area contributed by atoms with Crippen molar-refractivity contribution in [3.05, 3.63) is 41.8 Å². The predicted octanol–water partition coefficient (Wildman–Crippen LogP) is 2.85. The van der Waals surface area contributed by atoms with Gasteiger partial charge in [0.25, 0.3) is 5.91 Å². The van der Waals surface area contributed by atoms with E-state index in [0.29, 0.717) is 31.3 Å². The maximum atomic E-state index is 12.7. The first-order valence-corrected chi connectivity index (χ1v) is 8.39. The number of benzene rings is 1. The summed E-state index contributed by atoms with van der Waals surface area (Å²) in [5.74, 6) is 2.60. The monoisotopic (exact) mass is 328 g/mol. The molecule has 1 aromatic heterocycles. The number of fused-ring (bicyclic) bond motifs is 1. The number of aromatic nitrogens is 1. The molecule has 0 N–H and O–H groups in total. The van der Waals surface area contributed by atoms with Crippen molar-refractivity contribution in [2.45, 2.75) is 31.8 Å². The summed E-state index contributed by atoms with van der Waals surface area (Å²) >= 11 is 0. The molecule has 1 saturated carbocycles. The van der Waals surface area contributed by atoms with Gasteiger partial charge in [-0.2, -0.15) is 0 Å². The molecular weight excluding hydrogens is 308 g/mol. The van der Waals surface area contributed by atoms with Crippen molar-refractivity contribution in [2.75, 3.05) is 19.7 Å². The van der Waals surface area contributed by atoms with E-state index in [9.17, 15) is 4.79 Å². The zero-order chi connectivity index (χ0) is 16.5. The minimum atomic E-state index is -0.196. The number of likely N-dealkylation sites (N-methyl/N-ethyl adjacent to an activating group) is 1. The number of rotatable bonds is 5. The maximum absolute atomic E-state index is 12.7. The SMILES string of the molecule is CCN(CC1COc2ccccc2O1)C(=O)c1cc(C2CC2)on1. The zero-order valence-electron chi connectivity index (χ0n) is 13.6. The van der Waals surface area contributed by atoms with Crippen LogP contribution in [0.2, 0.25) is 0 Å². The van der Waals surface area contributed by atoms with E-state index in [1.54, 1.807) is 11.0 Å². The highest BCUT2D eigenvalue weighted by atomic mass is 16.6. The molecule has 1 unspecified atom stereocenters. The summed E-state index contributed by atoms with van der Waals surface area (Å²) in [4.78, 5) is 14.4. The second kappa shape index (κ2) is 6.19. The van der Waals surface area contributed by atoms with E-state index >= 15 is 0 Å². The van der Waals surface area contributed by atoms with E-state index in [1.807, 2.05) is 31.2 Å². The van der Waals surface area contributed by atoms with E-state index in [0.717, 1.165) is 30.1 Å². The molecular formula is C18H20N2O4. The van der Waals surface area contributed by atoms with Gasteiger partial charge in [0.15, 0.2) is 23.3 Å². The molecule has 24 heavy (non-hydrogen) atoms. The Labute approximate surface area is 140 Å². The van der Waals surface area contributed by atoms with Crippen LogP contribution in [0.15, 0.2) is 34.9 Å². The van der Waals surface area contributed by atoms with Crippen LogP contribution in [-0.2, 0) is 0 Å². The fourth-order valence-corrected chi connectivity index (χ4v) is 2.87. The van der Waals surface area contributed by atoms with Crippen LogP contribution >= 0.6 is 0 Å². The Morgan fingerprint density at radius 2 is 2.08 bits per heavy atom. The van der Waals surface area contributed by atoms with E-state index < -0.39 is 0 Å². The first-order chi connectivity index (χ1) is 11.7. The Kier molecular flexibility index (Phi) is 3.88. The molecule has 4 rings (SSSR count). The quantitative estimate of drug-likeness (QED) is 0.844. The highest BCUT2D eigenvalue weighted by Crippen LogP contribution is 2.40. The average Bonchev–Trinajstić information content (AvgIpc) is 3.36. The third kappa shape index (κ3) is 2.96. The third-order valence-electron chi connectivity index (χ3n) is 4.39. The fraction of sp³-hybridized carbons (Fsp3) is 0.444. The highest BCUT2D eigenvalue weighted by molar-refractivity contribution is 5.92. The second-order valence-corrected chi connectivity index (χ2v) is 6.23. The van der Waals surface area contributed by atoms with Crippen molar-refractivity contribution in [1.29, 1.82) is 0 Å². The van der Waals surface area contributed by atoms with Gasteiger partial charge in [-0.1, -0.05) is 17.3 Å². The number of nitrogens with zero attached hydrogens (tertiary/aromatic N) is 2. The summed E-state index contributed by atoms with van der Waals surface area (Å²) in [5, 5.41) is 3.94. The lowest BCUT2D eigenvalue weighted by Gasteiger charge is -2.30. The highest BCUT2D eigenvalue weighted by Gasteiger charge is 2.31. The maximum Gasteiger partial charge on any atom is 0.276 e. The molecule has 0 spiro atoms. The Hall–Kier alpha value is -2.50. The van der Waals surface area contributed by atoms with Gasteiger partial charge >= 0.3 is 0 Å². The van der Waals surface area contributed by atoms with Gasteiger partial charge in [-0.15, -0.1) is 0 Å². The van der Waals surface area contributed by atoms with E-state index in [-0.39, 0.29) is 12.0 Å². The topological polar surface area (TPSA) is 64.8 Å². The second-order valence-electron chi connectivity index (χ2n) is 6.23. The van der Waals surface area contributed by atoms with Gasteiger partial charge in [-0.25, -0.2) is 0 Å². The molecule has 2 aliphatic rings. The number of para-hydroxylation sites is 2. The minimum Gasteiger partial charge on any atom is -0.486 e. The molecule has 1 aliphatic carbocycles. The van der Waals surface area contributed by atoms with Gasteiger partial charge in [0, 0.05) is 18.5 Å². The Morgan fingerprint density at radius 1 is 1.29 bits per heavy atom. The Bertz CT molecular complexity index is 738. The van der Waals surface area contributed by atoms with Crippen LogP contribution in [0.5, 0.6) is 11.5 Å². The summed E-state index contributed by atoms with van der Waals surface area (Å²) in [6.45, 7) is 3.39. The molecule has 1 amide bonds. The lowest BCUT2D eigenvalue weighted by Crippen LogP contribution is -2.43. The van der Waals surface area contributed by atoms with E-state index in [2.05, 4.69) is 5.16 Å². The van der Waals surface area contributed by atoms with Gasteiger partial charge in [-0.05, 0) is 31.9 Å². The lowest BCUT2D eigenvalue weighted by molar-refractivity contribution is 0.0468. The van der Waals surface area contributed by atoms with Crippen LogP contribution in [0.1, 0.15) is 41.9 Å². The van der Waals surface area contributed by atoms with Crippen molar-refractivity contribution in [3.63, 3.8) is 0 Å². The van der Waals surface area contributed by atoms with Crippen LogP contribution in [0, 0.1) is 0 Å². The van der Waals surface area contributed by atoms with Crippen molar-refractivity contribution >= 4 is 5.91 Å². The number of hydrogen-bond donors (Lipinski definition) is 0. The van der Waals surface area contributed by atoms with Crippen molar-refractivity contribution in [1.82, 2.24) is 10.1 Å². The van der Waals surface area contributed by atoms with Gasteiger partial charge in [-0.3, -0.25) is 4.79 Å². The van der Waals surface area contributed by atoms with E-state index in [1.165, 1.54) is 0 Å². The number of carbonyl (C=O) groups excluding carboxylic acids is 1. The number of amides is 1. The molecule has 126 valence electrons. The van der Waals surface area contributed by atoms with Gasteiger partial charge in [0.2, 0.25) is 0 Å². The molecule has 2 aromatic rings. The predicted molar refractivity (Wildman–Crippen MR) is 86.4 cm³/mol. The molecule has 6 heteroatoms. The summed E-state index contributed by atoms with van der Waals surface area (Å²) in [6.07, 6.45) is 2.04. The van der Waals surface area contributed by atoms with Gasteiger partial charge in [0.1, 0.15) is 12.4 Å². The molecule has 0 saturated heterocycles. The van der Waals surface area contributed by atoms with Crippen LogP contribution in [0.4, 0.5) is 0 Å². The van der Waals surface area contributed by atoms with Crippen LogP contribution in [-0.4, -0.2) is 41.8 Å². The van der Waals surface area contributed by atoms with Crippen LogP contribution in [0.3, 0.4) is 0 Å². The normalized spacial score (nSPS) is 19.1. The van der Waals surface area contributed by atoms with Gasteiger partial charge in [0.05, 0.1) is 6.54 Å². The summed E-state index contributed by atoms with van der Waals surface area (Å²) < 4.78 is 16.9. The minimum absolute atomic E-state index is 0.129. The molecule has 0 radical (unpaired) electrons. The standard InChI is InChI=1S/C18H20N2O4/c1-2-20(18(21)14-9-17(24-19-14)12-7-8-12)10-13-11-22-15-5-3-4-6-16(15)23-13/h3-6,9,12-13H,2,7-8,10-11H2,1H3. The first-order valence-electron chi connectivity index (χ1n) is 8.39. The smallest absolute Gasteiger partial charge is 0.276 e. The molecule has 1 aromatic carbocycles. The van der Waals surface area contributed by atoms with Crippen LogP contribution < -0.4 is 9.47 Å². The van der Waals surface area contributed by atoms with Crippen LogP contribution in [0.25, 0.3) is 0 Å². The molecule has 1 aliphatic heterocycles. The van der Waals surface area contributed by atoms with Crippen molar-refractivity contribution < 1.29 is 18.8 Å². The fourth-order valence-electron chi connectivity index (χ4n) is 2.87. The Morgan fingerprint density at radius 3 is 2.83 bits per heavy atom. The Balaban J connectivity index is 1.43. The zero-order valence-corrected chi connectivity index (χ0v) is 13.6. The molecule has 1 fully saturated rings. The van der Waals surface area contributed by atoms with E-state index in [4.69, 9.17) is 14.0 Å². The van der Waals surface area contributed by atoms with Crippen molar-refractivity contribution in [3.8, 4) is 11.5 Å². The molecule has 0 bridgehead atoms. The molecule has 2 heterocycles. The molecule has 6 nitrogen and oxygen atoms in total. The third-order valence-corrected chi connectivity index (χ3v) is 4.39. The number of carbonyl (C=O) groups is 1. The molecule has 1 atom stereocenters. The number of hydrogen-bond acceptors (Lipinski definition) is 5. The van der Waals surface area contributed by atoms with Gasteiger partial charge < -0.3 is 18.9 Å². The average molecular weight is 328 g/mol. The number of ether oxygens (including phenoxy) is 2. The first kappa shape index (κ1) is 15.1. The lowest BCUT2D eigenvalue weighted by atomic mass is 10.2. The summed E-state index contributed by atoms with van der Waals surface area (Å²) in [7, 11) is 0.